The Morgan fingerprint density at radius 1 is 1.40 bits per heavy atom. The normalized spacial score (nSPS) is 17.9. The summed E-state index contributed by atoms with van der Waals surface area (Å²) >= 11 is 1.35. The van der Waals surface area contributed by atoms with Crippen LogP contribution in [0.25, 0.3) is 0 Å². The fraction of sp³-hybridized carbons (Fsp3) is 0.583. The van der Waals surface area contributed by atoms with Gasteiger partial charge in [0.05, 0.1) is 0 Å². The van der Waals surface area contributed by atoms with Crippen LogP contribution in [0.15, 0.2) is 11.4 Å². The summed E-state index contributed by atoms with van der Waals surface area (Å²) in [6.45, 7) is 0. The van der Waals surface area contributed by atoms with E-state index in [-0.39, 0.29) is 0 Å². The number of carboxylic acids is 1. The first-order valence-electron chi connectivity index (χ1n) is 5.56. The smallest absolute Gasteiger partial charge is 0.345 e. The Morgan fingerprint density at radius 2 is 2.13 bits per heavy atom. The van der Waals surface area contributed by atoms with Crippen LogP contribution < -0.4 is 0 Å². The summed E-state index contributed by atoms with van der Waals surface area (Å²) in [4.78, 5) is 11.2. The van der Waals surface area contributed by atoms with Gasteiger partial charge in [0.15, 0.2) is 0 Å². The molecule has 0 unspecified atom stereocenters. The summed E-state index contributed by atoms with van der Waals surface area (Å²) in [6.07, 6.45) is 7.78. The quantitative estimate of drug-likeness (QED) is 0.852. The van der Waals surface area contributed by atoms with Crippen LogP contribution in [-0.4, -0.2) is 11.1 Å². The van der Waals surface area contributed by atoms with E-state index in [9.17, 15) is 4.79 Å². The van der Waals surface area contributed by atoms with Crippen molar-refractivity contribution in [1.82, 2.24) is 0 Å². The van der Waals surface area contributed by atoms with Crippen LogP contribution >= 0.6 is 11.3 Å². The standard InChI is InChI=1S/C12H16O2S/c13-12(14)11-7-10(8-15-11)6-9-4-2-1-3-5-9/h7-9H,1-6H2,(H,13,14). The van der Waals surface area contributed by atoms with Crippen LogP contribution in [0, 0.1) is 5.92 Å². The average Bonchev–Trinajstić information content (AvgIpc) is 2.68. The van der Waals surface area contributed by atoms with Gasteiger partial charge in [0.2, 0.25) is 0 Å². The Bertz CT molecular complexity index is 337. The minimum absolute atomic E-state index is 0.473. The van der Waals surface area contributed by atoms with Crippen molar-refractivity contribution in [3.63, 3.8) is 0 Å². The van der Waals surface area contributed by atoms with Crippen molar-refractivity contribution < 1.29 is 9.90 Å². The molecule has 82 valence electrons. The van der Waals surface area contributed by atoms with Crippen molar-refractivity contribution in [3.8, 4) is 0 Å². The number of carboxylic acid groups (broad SMARTS) is 1. The molecule has 0 bridgehead atoms. The van der Waals surface area contributed by atoms with Crippen LogP contribution in [0.1, 0.15) is 47.3 Å². The van der Waals surface area contributed by atoms with E-state index in [2.05, 4.69) is 0 Å². The fourth-order valence-electron chi connectivity index (χ4n) is 2.32. The molecule has 1 heterocycles. The zero-order chi connectivity index (χ0) is 10.7. The van der Waals surface area contributed by atoms with E-state index < -0.39 is 5.97 Å². The molecule has 0 amide bonds. The third-order valence-corrected chi connectivity index (χ3v) is 4.08. The highest BCUT2D eigenvalue weighted by molar-refractivity contribution is 7.12. The van der Waals surface area contributed by atoms with Crippen LogP contribution in [-0.2, 0) is 6.42 Å². The summed E-state index contributed by atoms with van der Waals surface area (Å²) in [6, 6.07) is 1.83. The Balaban J connectivity index is 1.94. The van der Waals surface area contributed by atoms with E-state index in [0.717, 1.165) is 12.3 Å². The predicted octanol–water partition coefficient (Wildman–Crippen LogP) is 3.57. The van der Waals surface area contributed by atoms with Crippen LogP contribution in [0.2, 0.25) is 0 Å². The lowest BCUT2D eigenvalue weighted by molar-refractivity contribution is 0.0702. The van der Waals surface area contributed by atoms with E-state index in [4.69, 9.17) is 5.11 Å². The monoisotopic (exact) mass is 224 g/mol. The zero-order valence-electron chi connectivity index (χ0n) is 8.74. The van der Waals surface area contributed by atoms with E-state index in [0.29, 0.717) is 4.88 Å². The molecule has 1 aromatic heterocycles. The van der Waals surface area contributed by atoms with Crippen LogP contribution in [0.4, 0.5) is 0 Å². The fourth-order valence-corrected chi connectivity index (χ4v) is 3.08. The van der Waals surface area contributed by atoms with E-state index in [1.54, 1.807) is 0 Å². The molecule has 2 rings (SSSR count). The molecule has 0 atom stereocenters. The highest BCUT2D eigenvalue weighted by Crippen LogP contribution is 2.28. The summed E-state index contributed by atoms with van der Waals surface area (Å²) in [5.41, 5.74) is 1.21. The van der Waals surface area contributed by atoms with Gasteiger partial charge in [-0.3, -0.25) is 0 Å². The lowest BCUT2D eigenvalue weighted by atomic mass is 9.85. The molecule has 0 aromatic carbocycles. The maximum absolute atomic E-state index is 10.7. The maximum atomic E-state index is 10.7. The van der Waals surface area contributed by atoms with Gasteiger partial charge in [-0.1, -0.05) is 32.1 Å². The SMILES string of the molecule is O=C(O)c1cc(CC2CCCCC2)cs1. The molecule has 0 aliphatic heterocycles. The molecule has 1 aliphatic carbocycles. The van der Waals surface area contributed by atoms with Gasteiger partial charge >= 0.3 is 5.97 Å². The number of carbonyl (C=O) groups is 1. The van der Waals surface area contributed by atoms with Gasteiger partial charge in [-0.25, -0.2) is 4.79 Å². The number of aromatic carboxylic acids is 1. The summed E-state index contributed by atoms with van der Waals surface area (Å²) in [7, 11) is 0. The van der Waals surface area contributed by atoms with Gasteiger partial charge in [0.1, 0.15) is 4.88 Å². The maximum Gasteiger partial charge on any atom is 0.345 e. The molecule has 1 saturated carbocycles. The largest absolute Gasteiger partial charge is 0.477 e. The van der Waals surface area contributed by atoms with Crippen LogP contribution in [0.3, 0.4) is 0 Å². The van der Waals surface area contributed by atoms with Gasteiger partial charge in [0.25, 0.3) is 0 Å². The molecule has 1 fully saturated rings. The Morgan fingerprint density at radius 3 is 2.73 bits per heavy atom. The molecule has 2 nitrogen and oxygen atoms in total. The van der Waals surface area contributed by atoms with Gasteiger partial charge < -0.3 is 5.11 Å². The molecule has 0 spiro atoms. The summed E-state index contributed by atoms with van der Waals surface area (Å²) < 4.78 is 0. The lowest BCUT2D eigenvalue weighted by Crippen LogP contribution is -2.08. The first-order chi connectivity index (χ1) is 7.25. The molecule has 1 N–H and O–H groups in total. The first-order valence-corrected chi connectivity index (χ1v) is 6.44. The van der Waals surface area contributed by atoms with Crippen molar-refractivity contribution >= 4 is 17.3 Å². The van der Waals surface area contributed by atoms with Crippen molar-refractivity contribution in [2.75, 3.05) is 0 Å². The molecule has 0 radical (unpaired) electrons. The second kappa shape index (κ2) is 4.79. The number of rotatable bonds is 3. The Hall–Kier alpha value is -0.830. The van der Waals surface area contributed by atoms with Crippen molar-refractivity contribution in [2.45, 2.75) is 38.5 Å². The topological polar surface area (TPSA) is 37.3 Å². The third kappa shape index (κ3) is 2.81. The number of hydrogen-bond acceptors (Lipinski definition) is 2. The van der Waals surface area contributed by atoms with Crippen LogP contribution in [0.5, 0.6) is 0 Å². The molecule has 1 aliphatic rings. The second-order valence-electron chi connectivity index (χ2n) is 4.33. The van der Waals surface area contributed by atoms with Gasteiger partial charge in [-0.05, 0) is 29.3 Å². The Kier molecular flexibility index (Phi) is 3.41. The molecular formula is C12H16O2S. The van der Waals surface area contributed by atoms with Crippen molar-refractivity contribution in [2.24, 2.45) is 5.92 Å². The van der Waals surface area contributed by atoms with E-state index in [1.807, 2.05) is 11.4 Å². The minimum Gasteiger partial charge on any atom is -0.477 e. The highest BCUT2D eigenvalue weighted by atomic mass is 32.1. The number of hydrogen-bond donors (Lipinski definition) is 1. The van der Waals surface area contributed by atoms with E-state index in [1.165, 1.54) is 49.0 Å². The lowest BCUT2D eigenvalue weighted by Gasteiger charge is -2.20. The van der Waals surface area contributed by atoms with Crippen molar-refractivity contribution in [3.05, 3.63) is 21.9 Å². The highest BCUT2D eigenvalue weighted by Gasteiger charge is 2.15. The molecule has 0 saturated heterocycles. The molecular weight excluding hydrogens is 208 g/mol. The van der Waals surface area contributed by atoms with Gasteiger partial charge in [-0.15, -0.1) is 11.3 Å². The van der Waals surface area contributed by atoms with E-state index >= 15 is 0 Å². The average molecular weight is 224 g/mol. The minimum atomic E-state index is -0.796. The molecule has 1 aromatic rings. The Labute approximate surface area is 93.9 Å². The molecule has 3 heteroatoms. The first kappa shape index (κ1) is 10.7. The van der Waals surface area contributed by atoms with Gasteiger partial charge in [-0.2, -0.15) is 0 Å². The molecule has 15 heavy (non-hydrogen) atoms. The third-order valence-electron chi connectivity index (χ3n) is 3.11. The summed E-state index contributed by atoms with van der Waals surface area (Å²) in [5, 5.41) is 10.8. The van der Waals surface area contributed by atoms with Gasteiger partial charge in [0, 0.05) is 0 Å². The van der Waals surface area contributed by atoms with Crippen molar-refractivity contribution in [1.29, 1.82) is 0 Å². The summed E-state index contributed by atoms with van der Waals surface area (Å²) in [5.74, 6) is -0.00936. The zero-order valence-corrected chi connectivity index (χ0v) is 9.55. The predicted molar refractivity (Wildman–Crippen MR) is 61.6 cm³/mol. The second-order valence-corrected chi connectivity index (χ2v) is 5.24. The number of thiophene rings is 1.